The lowest BCUT2D eigenvalue weighted by atomic mass is 10.2. The van der Waals surface area contributed by atoms with Gasteiger partial charge in [0.2, 0.25) is 0 Å². The van der Waals surface area contributed by atoms with Gasteiger partial charge in [0.1, 0.15) is 12.2 Å². The number of hydrogen-bond acceptors (Lipinski definition) is 5. The molecular weight excluding hydrogens is 246 g/mol. The number of hydrogen-bond donors (Lipinski definition) is 1. The molecular formula is C12H19N5S. The second-order valence-corrected chi connectivity index (χ2v) is 5.49. The molecule has 98 valence electrons. The Morgan fingerprint density at radius 3 is 2.89 bits per heavy atom. The van der Waals surface area contributed by atoms with Crippen LogP contribution in [0.2, 0.25) is 0 Å². The summed E-state index contributed by atoms with van der Waals surface area (Å²) >= 11 is 1.73. The number of aryl methyl sites for hydroxylation is 2. The third-order valence-electron chi connectivity index (χ3n) is 2.85. The van der Waals surface area contributed by atoms with Crippen LogP contribution < -0.4 is 5.32 Å². The highest BCUT2D eigenvalue weighted by Crippen LogP contribution is 2.22. The van der Waals surface area contributed by atoms with Gasteiger partial charge >= 0.3 is 0 Å². The SMILES string of the molecule is CCCn1ncnc1CC(NC)c1cnc(C)s1. The quantitative estimate of drug-likeness (QED) is 0.867. The molecule has 0 bridgehead atoms. The van der Waals surface area contributed by atoms with Gasteiger partial charge in [-0.1, -0.05) is 6.92 Å². The molecule has 0 saturated heterocycles. The topological polar surface area (TPSA) is 55.6 Å². The van der Waals surface area contributed by atoms with Crippen LogP contribution in [0.15, 0.2) is 12.5 Å². The minimum Gasteiger partial charge on any atom is -0.312 e. The van der Waals surface area contributed by atoms with Crippen molar-refractivity contribution in [1.82, 2.24) is 25.1 Å². The number of likely N-dealkylation sites (N-methyl/N-ethyl adjacent to an activating group) is 1. The Balaban J connectivity index is 2.12. The van der Waals surface area contributed by atoms with Crippen molar-refractivity contribution in [3.05, 3.63) is 28.2 Å². The van der Waals surface area contributed by atoms with Crippen molar-refractivity contribution in [2.24, 2.45) is 0 Å². The summed E-state index contributed by atoms with van der Waals surface area (Å²) in [5.74, 6) is 1.03. The van der Waals surface area contributed by atoms with Gasteiger partial charge in [0.15, 0.2) is 0 Å². The summed E-state index contributed by atoms with van der Waals surface area (Å²) in [4.78, 5) is 9.91. The molecule has 0 fully saturated rings. The van der Waals surface area contributed by atoms with E-state index in [0.717, 1.165) is 30.2 Å². The summed E-state index contributed by atoms with van der Waals surface area (Å²) in [7, 11) is 1.97. The number of nitrogens with one attached hydrogen (secondary N) is 1. The van der Waals surface area contributed by atoms with Crippen LogP contribution in [-0.4, -0.2) is 26.8 Å². The summed E-state index contributed by atoms with van der Waals surface area (Å²) in [5.41, 5.74) is 0. The summed E-state index contributed by atoms with van der Waals surface area (Å²) in [6.07, 6.45) is 5.50. The normalized spacial score (nSPS) is 12.8. The molecule has 0 aromatic carbocycles. The van der Waals surface area contributed by atoms with E-state index in [1.807, 2.05) is 24.9 Å². The molecule has 0 amide bonds. The molecule has 0 aliphatic rings. The minimum atomic E-state index is 0.260. The molecule has 0 spiro atoms. The monoisotopic (exact) mass is 265 g/mol. The Morgan fingerprint density at radius 2 is 2.28 bits per heavy atom. The standard InChI is InChI=1S/C12H19N5S/c1-4-5-17-12(15-8-16-17)6-10(13-3)11-7-14-9(2)18-11/h7-8,10,13H,4-6H2,1-3H3. The van der Waals surface area contributed by atoms with E-state index < -0.39 is 0 Å². The van der Waals surface area contributed by atoms with Crippen molar-refractivity contribution in [2.45, 2.75) is 39.3 Å². The highest BCUT2D eigenvalue weighted by atomic mass is 32.1. The largest absolute Gasteiger partial charge is 0.312 e. The van der Waals surface area contributed by atoms with Crippen LogP contribution in [0.1, 0.15) is 35.1 Å². The molecule has 2 heterocycles. The highest BCUT2D eigenvalue weighted by molar-refractivity contribution is 7.11. The van der Waals surface area contributed by atoms with Crippen LogP contribution in [0.5, 0.6) is 0 Å². The molecule has 0 aliphatic carbocycles. The summed E-state index contributed by atoms with van der Waals surface area (Å²) in [5, 5.41) is 8.68. The Bertz CT molecular complexity index is 490. The van der Waals surface area contributed by atoms with Crippen LogP contribution in [0, 0.1) is 6.92 Å². The second-order valence-electron chi connectivity index (χ2n) is 4.23. The molecule has 6 heteroatoms. The van der Waals surface area contributed by atoms with Crippen molar-refractivity contribution in [3.63, 3.8) is 0 Å². The Kier molecular flexibility index (Phi) is 4.43. The van der Waals surface area contributed by atoms with Gasteiger partial charge in [0.05, 0.1) is 5.01 Å². The average Bonchev–Trinajstić information content (AvgIpc) is 2.96. The fraction of sp³-hybridized carbons (Fsp3) is 0.583. The van der Waals surface area contributed by atoms with Crippen molar-refractivity contribution < 1.29 is 0 Å². The Hall–Kier alpha value is -1.27. The highest BCUT2D eigenvalue weighted by Gasteiger charge is 2.16. The average molecular weight is 265 g/mol. The van der Waals surface area contributed by atoms with E-state index in [4.69, 9.17) is 0 Å². The van der Waals surface area contributed by atoms with Crippen LogP contribution in [-0.2, 0) is 13.0 Å². The lowest BCUT2D eigenvalue weighted by molar-refractivity contribution is 0.520. The number of aromatic nitrogens is 4. The van der Waals surface area contributed by atoms with Crippen LogP contribution in [0.4, 0.5) is 0 Å². The first kappa shape index (κ1) is 13.2. The zero-order valence-electron chi connectivity index (χ0n) is 11.1. The Morgan fingerprint density at radius 1 is 1.44 bits per heavy atom. The molecule has 18 heavy (non-hydrogen) atoms. The molecule has 1 N–H and O–H groups in total. The van der Waals surface area contributed by atoms with Gasteiger partial charge in [-0.15, -0.1) is 11.3 Å². The van der Waals surface area contributed by atoms with E-state index in [2.05, 4.69) is 27.3 Å². The van der Waals surface area contributed by atoms with Gasteiger partial charge in [-0.3, -0.25) is 4.68 Å². The molecule has 0 saturated carbocycles. The van der Waals surface area contributed by atoms with E-state index in [1.165, 1.54) is 4.88 Å². The van der Waals surface area contributed by atoms with Crippen molar-refractivity contribution in [1.29, 1.82) is 0 Å². The van der Waals surface area contributed by atoms with E-state index in [-0.39, 0.29) is 6.04 Å². The lowest BCUT2D eigenvalue weighted by Crippen LogP contribution is -2.20. The van der Waals surface area contributed by atoms with Gasteiger partial charge in [-0.2, -0.15) is 5.10 Å². The van der Waals surface area contributed by atoms with E-state index in [0.29, 0.717) is 0 Å². The van der Waals surface area contributed by atoms with E-state index >= 15 is 0 Å². The maximum absolute atomic E-state index is 4.35. The van der Waals surface area contributed by atoms with Crippen molar-refractivity contribution in [2.75, 3.05) is 7.05 Å². The van der Waals surface area contributed by atoms with E-state index in [1.54, 1.807) is 17.7 Å². The number of nitrogens with zero attached hydrogens (tertiary/aromatic N) is 4. The van der Waals surface area contributed by atoms with Gasteiger partial charge in [-0.05, 0) is 20.4 Å². The van der Waals surface area contributed by atoms with Gasteiger partial charge in [0, 0.05) is 30.1 Å². The maximum Gasteiger partial charge on any atom is 0.138 e. The fourth-order valence-corrected chi connectivity index (χ4v) is 2.81. The zero-order chi connectivity index (χ0) is 13.0. The lowest BCUT2D eigenvalue weighted by Gasteiger charge is -2.14. The molecule has 2 aromatic rings. The van der Waals surface area contributed by atoms with Crippen molar-refractivity contribution in [3.8, 4) is 0 Å². The predicted octanol–water partition coefficient (Wildman–Crippen LogP) is 1.96. The Labute approximate surface area is 111 Å². The summed E-state index contributed by atoms with van der Waals surface area (Å²) in [6.45, 7) is 5.10. The summed E-state index contributed by atoms with van der Waals surface area (Å²) < 4.78 is 1.98. The van der Waals surface area contributed by atoms with Gasteiger partial charge in [-0.25, -0.2) is 9.97 Å². The third-order valence-corrected chi connectivity index (χ3v) is 3.88. The smallest absolute Gasteiger partial charge is 0.138 e. The third kappa shape index (κ3) is 2.94. The fourth-order valence-electron chi connectivity index (χ4n) is 1.91. The molecule has 0 radical (unpaired) electrons. The molecule has 0 aliphatic heterocycles. The first-order valence-corrected chi connectivity index (χ1v) is 7.02. The van der Waals surface area contributed by atoms with Crippen molar-refractivity contribution >= 4 is 11.3 Å². The first-order valence-electron chi connectivity index (χ1n) is 6.20. The van der Waals surface area contributed by atoms with Gasteiger partial charge in [0.25, 0.3) is 0 Å². The van der Waals surface area contributed by atoms with Crippen LogP contribution in [0.25, 0.3) is 0 Å². The molecule has 2 rings (SSSR count). The number of rotatable bonds is 6. The minimum absolute atomic E-state index is 0.260. The first-order chi connectivity index (χ1) is 8.74. The maximum atomic E-state index is 4.35. The summed E-state index contributed by atoms with van der Waals surface area (Å²) in [6, 6.07) is 0.260. The zero-order valence-corrected chi connectivity index (χ0v) is 11.9. The molecule has 2 aromatic heterocycles. The molecule has 5 nitrogen and oxygen atoms in total. The molecule has 1 atom stereocenters. The van der Waals surface area contributed by atoms with Crippen LogP contribution >= 0.6 is 11.3 Å². The second kappa shape index (κ2) is 6.06. The number of thiazole rings is 1. The van der Waals surface area contributed by atoms with Crippen LogP contribution in [0.3, 0.4) is 0 Å². The predicted molar refractivity (Wildman–Crippen MR) is 72.7 cm³/mol. The van der Waals surface area contributed by atoms with Gasteiger partial charge < -0.3 is 5.32 Å². The molecule has 1 unspecified atom stereocenters. The van der Waals surface area contributed by atoms with E-state index in [9.17, 15) is 0 Å².